The number of carbonyl (C=O) groups excluding carboxylic acids is 1. The van der Waals surface area contributed by atoms with Gasteiger partial charge < -0.3 is 15.5 Å². The van der Waals surface area contributed by atoms with Crippen LogP contribution in [0.1, 0.15) is 37.3 Å². The van der Waals surface area contributed by atoms with Crippen LogP contribution in [0.15, 0.2) is 21.3 Å². The van der Waals surface area contributed by atoms with Crippen molar-refractivity contribution in [2.24, 2.45) is 0 Å². The lowest BCUT2D eigenvalue weighted by atomic mass is 10.1. The van der Waals surface area contributed by atoms with Crippen molar-refractivity contribution in [3.05, 3.63) is 34.0 Å². The molecule has 1 unspecified atom stereocenters. The van der Waals surface area contributed by atoms with E-state index in [1.54, 1.807) is 6.92 Å². The van der Waals surface area contributed by atoms with Crippen LogP contribution in [-0.4, -0.2) is 21.7 Å². The van der Waals surface area contributed by atoms with Crippen LogP contribution in [0, 0.1) is 13.8 Å². The van der Waals surface area contributed by atoms with E-state index in [1.807, 2.05) is 19.9 Å². The molecule has 3 N–H and O–H groups in total. The molecule has 2 aromatic rings. The highest BCUT2D eigenvalue weighted by atomic mass is 16.3. The number of furan rings is 1. The van der Waals surface area contributed by atoms with Gasteiger partial charge in [0.2, 0.25) is 5.91 Å². The number of aromatic nitrogens is 2. The molecule has 2 heterocycles. The molecule has 1 aliphatic rings. The Balaban J connectivity index is 2.01. The lowest BCUT2D eigenvalue weighted by Gasteiger charge is -2.15. The van der Waals surface area contributed by atoms with Crippen LogP contribution in [0.5, 0.6) is 0 Å². The second-order valence-corrected chi connectivity index (χ2v) is 6.02. The summed E-state index contributed by atoms with van der Waals surface area (Å²) in [6, 6.07) is 2.85. The average Bonchev–Trinajstić information content (AvgIpc) is 3.24. The molecule has 0 radical (unpaired) electrons. The van der Waals surface area contributed by atoms with Crippen molar-refractivity contribution in [2.45, 2.75) is 45.7 Å². The van der Waals surface area contributed by atoms with Crippen molar-refractivity contribution in [2.75, 3.05) is 5.73 Å². The average molecular weight is 316 g/mol. The molecule has 7 nitrogen and oxygen atoms in total. The minimum absolute atomic E-state index is 0.0549. The maximum absolute atomic E-state index is 12.3. The molecule has 0 aromatic carbocycles. The Bertz CT molecular complexity index is 817. The van der Waals surface area contributed by atoms with Gasteiger partial charge in [-0.1, -0.05) is 0 Å². The highest BCUT2D eigenvalue weighted by Gasteiger charge is 2.27. The van der Waals surface area contributed by atoms with Crippen molar-refractivity contribution in [3.63, 3.8) is 0 Å². The molecule has 1 atom stereocenters. The number of amides is 1. The second-order valence-electron chi connectivity index (χ2n) is 6.02. The largest absolute Gasteiger partial charge is 0.466 e. The molecule has 23 heavy (non-hydrogen) atoms. The number of aryl methyl sites for hydroxylation is 2. The zero-order valence-electron chi connectivity index (χ0n) is 13.4. The molecule has 1 saturated carbocycles. The molecule has 1 aliphatic carbocycles. The molecule has 1 fully saturated rings. The summed E-state index contributed by atoms with van der Waals surface area (Å²) in [6.07, 6.45) is 1.97. The van der Waals surface area contributed by atoms with Crippen LogP contribution >= 0.6 is 0 Å². The fourth-order valence-electron chi connectivity index (χ4n) is 2.47. The van der Waals surface area contributed by atoms with Gasteiger partial charge in [-0.15, -0.1) is 0 Å². The third-order valence-electron chi connectivity index (χ3n) is 3.95. The van der Waals surface area contributed by atoms with Crippen LogP contribution in [-0.2, 0) is 4.79 Å². The zero-order chi connectivity index (χ0) is 16.7. The predicted octanol–water partition coefficient (Wildman–Crippen LogP) is 1.54. The van der Waals surface area contributed by atoms with Gasteiger partial charge in [0.1, 0.15) is 23.2 Å². The summed E-state index contributed by atoms with van der Waals surface area (Å²) < 4.78 is 6.64. The van der Waals surface area contributed by atoms with E-state index in [0.29, 0.717) is 11.5 Å². The van der Waals surface area contributed by atoms with Gasteiger partial charge >= 0.3 is 0 Å². The van der Waals surface area contributed by atoms with Crippen LogP contribution < -0.4 is 16.6 Å². The first-order chi connectivity index (χ1) is 10.9. The molecular formula is C16H20N4O3. The number of nitrogens with zero attached hydrogens (tertiary/aromatic N) is 2. The molecule has 122 valence electrons. The van der Waals surface area contributed by atoms with Crippen molar-refractivity contribution in [1.82, 2.24) is 15.1 Å². The summed E-state index contributed by atoms with van der Waals surface area (Å²) in [7, 11) is 0. The molecule has 3 rings (SSSR count). The molecule has 0 saturated heterocycles. The topological polar surface area (TPSA) is 103 Å². The van der Waals surface area contributed by atoms with E-state index in [0.717, 1.165) is 28.8 Å². The highest BCUT2D eigenvalue weighted by Crippen LogP contribution is 2.25. The minimum atomic E-state index is -0.723. The van der Waals surface area contributed by atoms with E-state index in [4.69, 9.17) is 10.2 Å². The highest BCUT2D eigenvalue weighted by molar-refractivity contribution is 5.80. The summed E-state index contributed by atoms with van der Waals surface area (Å²) in [4.78, 5) is 24.5. The van der Waals surface area contributed by atoms with Gasteiger partial charge in [-0.05, 0) is 45.7 Å². The smallest absolute Gasteiger partial charge is 0.290 e. The normalized spacial score (nSPS) is 15.4. The van der Waals surface area contributed by atoms with Crippen LogP contribution in [0.3, 0.4) is 0 Å². The van der Waals surface area contributed by atoms with Crippen molar-refractivity contribution in [1.29, 1.82) is 0 Å². The van der Waals surface area contributed by atoms with Crippen LogP contribution in [0.25, 0.3) is 11.3 Å². The number of nitrogen functional groups attached to an aromatic ring is 1. The summed E-state index contributed by atoms with van der Waals surface area (Å²) in [6.45, 7) is 5.29. The quantitative estimate of drug-likeness (QED) is 0.890. The first-order valence-electron chi connectivity index (χ1n) is 7.64. The molecule has 0 bridgehead atoms. The molecule has 1 amide bonds. The summed E-state index contributed by atoms with van der Waals surface area (Å²) in [5, 5.41) is 7.21. The molecule has 2 aromatic heterocycles. The second kappa shape index (κ2) is 5.57. The zero-order valence-corrected chi connectivity index (χ0v) is 13.4. The Morgan fingerprint density at radius 1 is 1.43 bits per heavy atom. The van der Waals surface area contributed by atoms with E-state index < -0.39 is 11.6 Å². The van der Waals surface area contributed by atoms with Gasteiger partial charge in [0, 0.05) is 11.6 Å². The first-order valence-corrected chi connectivity index (χ1v) is 7.64. The summed E-state index contributed by atoms with van der Waals surface area (Å²) >= 11 is 0. The fraction of sp³-hybridized carbons (Fsp3) is 0.438. The maximum Gasteiger partial charge on any atom is 0.290 e. The van der Waals surface area contributed by atoms with Crippen molar-refractivity contribution in [3.8, 4) is 11.3 Å². The summed E-state index contributed by atoms with van der Waals surface area (Å²) in [5.41, 5.74) is 6.70. The van der Waals surface area contributed by atoms with Gasteiger partial charge in [0.15, 0.2) is 0 Å². The lowest BCUT2D eigenvalue weighted by Crippen LogP contribution is -2.38. The SMILES string of the molecule is Cc1cc(-c2cc(N)c(=O)n(C(C)C(=O)NC3CC3)n2)c(C)o1. The molecule has 7 heteroatoms. The Labute approximate surface area is 133 Å². The van der Waals surface area contributed by atoms with E-state index in [-0.39, 0.29) is 17.6 Å². The lowest BCUT2D eigenvalue weighted by molar-refractivity contribution is -0.124. The molecular weight excluding hydrogens is 296 g/mol. The van der Waals surface area contributed by atoms with Gasteiger partial charge in [0.25, 0.3) is 5.56 Å². The van der Waals surface area contributed by atoms with Gasteiger partial charge in [-0.3, -0.25) is 9.59 Å². The van der Waals surface area contributed by atoms with Gasteiger partial charge in [0.05, 0.1) is 5.69 Å². The Morgan fingerprint density at radius 2 is 2.13 bits per heavy atom. The first kappa shape index (κ1) is 15.3. The van der Waals surface area contributed by atoms with E-state index in [2.05, 4.69) is 10.4 Å². The molecule has 0 aliphatic heterocycles. The maximum atomic E-state index is 12.3. The number of anilines is 1. The predicted molar refractivity (Wildman–Crippen MR) is 86.0 cm³/mol. The Kier molecular flexibility index (Phi) is 3.71. The number of hydrogen-bond donors (Lipinski definition) is 2. The third kappa shape index (κ3) is 2.99. The van der Waals surface area contributed by atoms with Gasteiger partial charge in [-0.25, -0.2) is 4.68 Å². The van der Waals surface area contributed by atoms with Gasteiger partial charge in [-0.2, -0.15) is 5.10 Å². The Morgan fingerprint density at radius 3 is 2.70 bits per heavy atom. The van der Waals surface area contributed by atoms with E-state index in [1.165, 1.54) is 6.07 Å². The number of carbonyl (C=O) groups is 1. The van der Waals surface area contributed by atoms with E-state index >= 15 is 0 Å². The monoisotopic (exact) mass is 316 g/mol. The van der Waals surface area contributed by atoms with E-state index in [9.17, 15) is 9.59 Å². The van der Waals surface area contributed by atoms with Crippen molar-refractivity contribution < 1.29 is 9.21 Å². The number of rotatable bonds is 4. The fourth-order valence-corrected chi connectivity index (χ4v) is 2.47. The minimum Gasteiger partial charge on any atom is -0.466 e. The third-order valence-corrected chi connectivity index (χ3v) is 3.95. The van der Waals surface area contributed by atoms with Crippen molar-refractivity contribution >= 4 is 11.6 Å². The Hall–Kier alpha value is -2.57. The molecule has 0 spiro atoms. The van der Waals surface area contributed by atoms with Crippen LogP contribution in [0.2, 0.25) is 0 Å². The number of hydrogen-bond acceptors (Lipinski definition) is 5. The van der Waals surface area contributed by atoms with Crippen LogP contribution in [0.4, 0.5) is 5.69 Å². The number of nitrogens with one attached hydrogen (secondary N) is 1. The number of nitrogens with two attached hydrogens (primary N) is 1. The summed E-state index contributed by atoms with van der Waals surface area (Å²) in [5.74, 6) is 1.21. The standard InChI is InChI=1S/C16H20N4O3/c1-8-6-12(10(3)23-8)14-7-13(17)16(22)20(19-14)9(2)15(21)18-11-4-5-11/h6-7,9,11H,4-5,17H2,1-3H3,(H,18,21).